The molecule has 7 heteroatoms. The molecule has 1 unspecified atom stereocenters. The summed E-state index contributed by atoms with van der Waals surface area (Å²) in [6.45, 7) is 0. The van der Waals surface area contributed by atoms with Gasteiger partial charge in [-0.2, -0.15) is 5.26 Å². The molecule has 0 aliphatic rings. The first-order valence-electron chi connectivity index (χ1n) is 9.35. The summed E-state index contributed by atoms with van der Waals surface area (Å²) in [5.41, 5.74) is 1.98. The van der Waals surface area contributed by atoms with Crippen molar-refractivity contribution in [3.05, 3.63) is 75.0 Å². The molecule has 31 heavy (non-hydrogen) atoms. The topological polar surface area (TPSA) is 72.2 Å². The van der Waals surface area contributed by atoms with Crippen LogP contribution in [-0.2, 0) is 0 Å². The van der Waals surface area contributed by atoms with Gasteiger partial charge in [-0.15, -0.1) is 11.3 Å². The van der Waals surface area contributed by atoms with E-state index in [-0.39, 0.29) is 5.78 Å². The van der Waals surface area contributed by atoms with Crippen LogP contribution in [0.1, 0.15) is 21.3 Å². The molecule has 0 N–H and O–H groups in total. The molecule has 1 heterocycles. The lowest BCUT2D eigenvalue weighted by Gasteiger charge is -2.09. The second-order valence-corrected chi connectivity index (χ2v) is 8.58. The number of Topliss-reactive ketones (excluding diaryl/α,β-unsaturated/α-hetero) is 1. The predicted molar refractivity (Wildman–Crippen MR) is 125 cm³/mol. The Kier molecular flexibility index (Phi) is 6.03. The van der Waals surface area contributed by atoms with Gasteiger partial charge in [0.15, 0.2) is 23.2 Å². The molecule has 3 aromatic carbocycles. The molecule has 0 spiro atoms. The summed E-state index contributed by atoms with van der Waals surface area (Å²) < 4.78 is 11.6. The molecule has 0 saturated carbocycles. The fourth-order valence-electron chi connectivity index (χ4n) is 3.31. The van der Waals surface area contributed by atoms with E-state index in [1.807, 2.05) is 47.8 Å². The first-order chi connectivity index (χ1) is 15.0. The maximum absolute atomic E-state index is 13.1. The lowest BCUT2D eigenvalue weighted by molar-refractivity contribution is 0.0979. The van der Waals surface area contributed by atoms with Gasteiger partial charge in [-0.1, -0.05) is 34.1 Å². The number of carbonyl (C=O) groups is 1. The van der Waals surface area contributed by atoms with E-state index >= 15 is 0 Å². The summed E-state index contributed by atoms with van der Waals surface area (Å²) in [6.07, 6.45) is 0. The predicted octanol–water partition coefficient (Wildman–Crippen LogP) is 6.23. The van der Waals surface area contributed by atoms with Gasteiger partial charge in [0, 0.05) is 21.0 Å². The number of benzene rings is 3. The number of fused-ring (bicyclic) bond motifs is 1. The highest BCUT2D eigenvalue weighted by molar-refractivity contribution is 9.10. The summed E-state index contributed by atoms with van der Waals surface area (Å²) in [4.78, 5) is 17.7. The highest BCUT2D eigenvalue weighted by Crippen LogP contribution is 2.34. The van der Waals surface area contributed by atoms with Gasteiger partial charge in [-0.3, -0.25) is 4.79 Å². The Morgan fingerprint density at radius 3 is 2.55 bits per heavy atom. The summed E-state index contributed by atoms with van der Waals surface area (Å²) in [5.74, 6) is -0.0272. The Labute approximate surface area is 192 Å². The Hall–Kier alpha value is -3.21. The number of nitrogens with zero attached hydrogens (tertiary/aromatic N) is 2. The first kappa shape index (κ1) is 21.0. The zero-order valence-electron chi connectivity index (χ0n) is 16.8. The highest BCUT2D eigenvalue weighted by Gasteiger charge is 2.25. The van der Waals surface area contributed by atoms with E-state index in [2.05, 4.69) is 27.0 Å². The van der Waals surface area contributed by atoms with E-state index in [0.717, 1.165) is 20.8 Å². The molecule has 0 amide bonds. The third-order valence-electron chi connectivity index (χ3n) is 4.93. The first-order valence-corrected chi connectivity index (χ1v) is 11.0. The highest BCUT2D eigenvalue weighted by atomic mass is 79.9. The number of hydrogen-bond donors (Lipinski definition) is 0. The number of ketones is 1. The van der Waals surface area contributed by atoms with Crippen LogP contribution in [0.5, 0.6) is 11.5 Å². The van der Waals surface area contributed by atoms with E-state index < -0.39 is 5.92 Å². The summed E-state index contributed by atoms with van der Waals surface area (Å²) in [6, 6.07) is 19.0. The molecule has 4 rings (SSSR count). The number of rotatable bonds is 6. The largest absolute Gasteiger partial charge is 0.493 e. The van der Waals surface area contributed by atoms with Crippen molar-refractivity contribution in [3.8, 4) is 28.8 Å². The van der Waals surface area contributed by atoms with Gasteiger partial charge >= 0.3 is 0 Å². The standard InChI is InChI=1S/C24H17BrN2O3S/c1-29-21-8-6-15(11-22(21)30-2)20-13-31-24(27-20)19(12-26)23(28)16-4-3-14-5-7-18(25)10-17(14)9-16/h3-11,13,19H,1-2H3. The van der Waals surface area contributed by atoms with Crippen molar-refractivity contribution in [2.24, 2.45) is 0 Å². The van der Waals surface area contributed by atoms with Crippen LogP contribution in [-0.4, -0.2) is 25.0 Å². The maximum atomic E-state index is 13.1. The molecule has 1 aromatic heterocycles. The Bertz CT molecular complexity index is 1330. The normalized spacial score (nSPS) is 11.7. The zero-order chi connectivity index (χ0) is 22.0. The number of hydrogen-bond acceptors (Lipinski definition) is 6. The van der Waals surface area contributed by atoms with Gasteiger partial charge < -0.3 is 9.47 Å². The van der Waals surface area contributed by atoms with Crippen molar-refractivity contribution in [2.45, 2.75) is 5.92 Å². The second kappa shape index (κ2) is 8.88. The molecule has 0 bridgehead atoms. The van der Waals surface area contributed by atoms with Gasteiger partial charge in [0.05, 0.1) is 26.0 Å². The fourth-order valence-corrected chi connectivity index (χ4v) is 4.56. The van der Waals surface area contributed by atoms with Crippen LogP contribution in [0, 0.1) is 11.3 Å². The van der Waals surface area contributed by atoms with Crippen molar-refractivity contribution in [1.29, 1.82) is 5.26 Å². The van der Waals surface area contributed by atoms with E-state index in [1.54, 1.807) is 26.4 Å². The molecular formula is C24H17BrN2O3S. The second-order valence-electron chi connectivity index (χ2n) is 6.77. The van der Waals surface area contributed by atoms with E-state index in [0.29, 0.717) is 27.8 Å². The van der Waals surface area contributed by atoms with Gasteiger partial charge in [0.1, 0.15) is 5.01 Å². The smallest absolute Gasteiger partial charge is 0.186 e. The summed E-state index contributed by atoms with van der Waals surface area (Å²) >= 11 is 4.75. The molecule has 0 aliphatic heterocycles. The van der Waals surface area contributed by atoms with Gasteiger partial charge in [0.2, 0.25) is 0 Å². The number of thiazole rings is 1. The molecule has 0 fully saturated rings. The summed E-state index contributed by atoms with van der Waals surface area (Å²) in [5, 5.41) is 14.0. The van der Waals surface area contributed by atoms with E-state index in [9.17, 15) is 10.1 Å². The van der Waals surface area contributed by atoms with Gasteiger partial charge in [0.25, 0.3) is 0 Å². The molecule has 154 valence electrons. The van der Waals surface area contributed by atoms with E-state index in [4.69, 9.17) is 9.47 Å². The zero-order valence-corrected chi connectivity index (χ0v) is 19.2. The molecule has 0 radical (unpaired) electrons. The van der Waals surface area contributed by atoms with Crippen LogP contribution in [0.15, 0.2) is 64.5 Å². The number of halogens is 1. The molecule has 0 aliphatic carbocycles. The molecule has 0 saturated heterocycles. The van der Waals surface area contributed by atoms with Crippen molar-refractivity contribution < 1.29 is 14.3 Å². The number of carbonyl (C=O) groups excluding carboxylic acids is 1. The summed E-state index contributed by atoms with van der Waals surface area (Å²) in [7, 11) is 3.15. The molecular weight excluding hydrogens is 476 g/mol. The third-order valence-corrected chi connectivity index (χ3v) is 6.33. The Morgan fingerprint density at radius 2 is 1.81 bits per heavy atom. The minimum atomic E-state index is -0.969. The maximum Gasteiger partial charge on any atom is 0.186 e. The van der Waals surface area contributed by atoms with Crippen molar-refractivity contribution in [2.75, 3.05) is 14.2 Å². The Balaban J connectivity index is 1.65. The van der Waals surface area contributed by atoms with Crippen molar-refractivity contribution >= 4 is 43.8 Å². The van der Waals surface area contributed by atoms with Gasteiger partial charge in [-0.05, 0) is 47.2 Å². The quantitative estimate of drug-likeness (QED) is 0.298. The van der Waals surface area contributed by atoms with Crippen LogP contribution in [0.2, 0.25) is 0 Å². The SMILES string of the molecule is COc1ccc(-c2csc(C(C#N)C(=O)c3ccc4ccc(Br)cc4c3)n2)cc1OC. The van der Waals surface area contributed by atoms with Gasteiger partial charge in [-0.25, -0.2) is 4.98 Å². The number of ether oxygens (including phenoxy) is 2. The molecule has 4 aromatic rings. The van der Waals surface area contributed by atoms with Crippen molar-refractivity contribution in [1.82, 2.24) is 4.98 Å². The average molecular weight is 493 g/mol. The third kappa shape index (κ3) is 4.18. The number of methoxy groups -OCH3 is 2. The van der Waals surface area contributed by atoms with Crippen LogP contribution >= 0.6 is 27.3 Å². The van der Waals surface area contributed by atoms with E-state index in [1.165, 1.54) is 11.3 Å². The molecule has 1 atom stereocenters. The minimum absolute atomic E-state index is 0.266. The number of nitriles is 1. The number of aromatic nitrogens is 1. The van der Waals surface area contributed by atoms with Crippen LogP contribution in [0.3, 0.4) is 0 Å². The monoisotopic (exact) mass is 492 g/mol. The average Bonchev–Trinajstić information content (AvgIpc) is 3.28. The fraction of sp³-hybridized carbons (Fsp3) is 0.125. The lowest BCUT2D eigenvalue weighted by atomic mass is 9.97. The van der Waals surface area contributed by atoms with Crippen molar-refractivity contribution in [3.63, 3.8) is 0 Å². The van der Waals surface area contributed by atoms with Crippen LogP contribution in [0.25, 0.3) is 22.0 Å². The Morgan fingerprint density at radius 1 is 1.03 bits per heavy atom. The van der Waals surface area contributed by atoms with Crippen LogP contribution in [0.4, 0.5) is 0 Å². The lowest BCUT2D eigenvalue weighted by Crippen LogP contribution is -2.11. The van der Waals surface area contributed by atoms with Crippen LogP contribution < -0.4 is 9.47 Å². The minimum Gasteiger partial charge on any atom is -0.493 e. The molecule has 5 nitrogen and oxygen atoms in total.